The number of likely N-dealkylation sites (tertiary alicyclic amines) is 1. The molecule has 1 saturated heterocycles. The third-order valence-electron chi connectivity index (χ3n) is 3.74. The summed E-state index contributed by atoms with van der Waals surface area (Å²) in [6.45, 7) is 3.45. The van der Waals surface area contributed by atoms with Gasteiger partial charge in [-0.15, -0.1) is 0 Å². The first-order valence-electron chi connectivity index (χ1n) is 6.69. The van der Waals surface area contributed by atoms with Crippen LogP contribution < -0.4 is 10.2 Å². The predicted molar refractivity (Wildman–Crippen MR) is 82.8 cm³/mol. The Kier molecular flexibility index (Phi) is 4.99. The molecule has 6 heteroatoms. The van der Waals surface area contributed by atoms with Gasteiger partial charge in [0.1, 0.15) is 22.4 Å². The number of hydrogen-bond donors (Lipinski definition) is 1. The lowest BCUT2D eigenvalue weighted by atomic mass is 9.97. The first-order valence-corrected chi connectivity index (χ1v) is 7.49. The number of piperidine rings is 1. The number of hydrogen-bond acceptors (Lipinski definition) is 5. The Morgan fingerprint density at radius 2 is 2.11 bits per heavy atom. The lowest BCUT2D eigenvalue weighted by Crippen LogP contribution is -2.36. The minimum Gasteiger partial charge on any atom is -0.372 e. The van der Waals surface area contributed by atoms with Gasteiger partial charge in [-0.3, -0.25) is 0 Å². The predicted octanol–water partition coefficient (Wildman–Crippen LogP) is 2.06. The van der Waals surface area contributed by atoms with Crippen LogP contribution in [0.25, 0.3) is 0 Å². The van der Waals surface area contributed by atoms with Crippen LogP contribution in [0.2, 0.25) is 0 Å². The zero-order chi connectivity index (χ0) is 13.8. The van der Waals surface area contributed by atoms with E-state index in [4.69, 9.17) is 0 Å². The molecule has 1 aliphatic heterocycles. The van der Waals surface area contributed by atoms with Gasteiger partial charge in [-0.25, -0.2) is 9.97 Å². The molecule has 0 amide bonds. The average Bonchev–Trinajstić information content (AvgIpc) is 2.41. The Bertz CT molecular complexity index is 417. The fourth-order valence-electron chi connectivity index (χ4n) is 2.52. The molecule has 2 rings (SSSR count). The number of nitrogens with one attached hydrogen (secondary N) is 1. The monoisotopic (exact) mass is 327 g/mol. The molecule has 0 bridgehead atoms. The number of halogens is 1. The van der Waals surface area contributed by atoms with Crippen LogP contribution in [0.15, 0.2) is 10.8 Å². The van der Waals surface area contributed by atoms with Crippen LogP contribution in [0.5, 0.6) is 0 Å². The van der Waals surface area contributed by atoms with E-state index >= 15 is 0 Å². The van der Waals surface area contributed by atoms with Crippen molar-refractivity contribution in [2.45, 2.75) is 12.8 Å². The molecule has 0 unspecified atom stereocenters. The zero-order valence-electron chi connectivity index (χ0n) is 11.9. The van der Waals surface area contributed by atoms with Crippen molar-refractivity contribution in [3.05, 3.63) is 10.8 Å². The Balaban J connectivity index is 2.01. The minimum absolute atomic E-state index is 0.751. The molecule has 0 atom stereocenters. The van der Waals surface area contributed by atoms with E-state index in [1.807, 2.05) is 7.05 Å². The van der Waals surface area contributed by atoms with E-state index in [1.165, 1.54) is 25.9 Å². The van der Waals surface area contributed by atoms with E-state index in [0.29, 0.717) is 0 Å². The Hall–Kier alpha value is -0.880. The molecule has 1 aliphatic rings. The van der Waals surface area contributed by atoms with Crippen LogP contribution in [0, 0.1) is 5.92 Å². The van der Waals surface area contributed by atoms with E-state index in [0.717, 1.165) is 28.6 Å². The van der Waals surface area contributed by atoms with Gasteiger partial charge in [-0.2, -0.15) is 0 Å². The summed E-state index contributed by atoms with van der Waals surface area (Å²) >= 11 is 3.58. The third-order valence-corrected chi connectivity index (χ3v) is 4.47. The van der Waals surface area contributed by atoms with Crippen LogP contribution in [0.3, 0.4) is 0 Å². The van der Waals surface area contributed by atoms with E-state index in [2.05, 4.69) is 55.1 Å². The molecule has 106 valence electrons. The molecule has 0 aliphatic carbocycles. The van der Waals surface area contributed by atoms with Gasteiger partial charge in [0.25, 0.3) is 0 Å². The lowest BCUT2D eigenvalue weighted by Gasteiger charge is -2.32. The number of aromatic nitrogens is 2. The second-order valence-electron chi connectivity index (χ2n) is 5.24. The quantitative estimate of drug-likeness (QED) is 0.917. The summed E-state index contributed by atoms with van der Waals surface area (Å²) in [4.78, 5) is 13.2. The number of nitrogens with zero attached hydrogens (tertiary/aromatic N) is 4. The maximum absolute atomic E-state index is 4.38. The van der Waals surface area contributed by atoms with Gasteiger partial charge >= 0.3 is 0 Å². The Labute approximate surface area is 123 Å². The first-order chi connectivity index (χ1) is 9.11. The lowest BCUT2D eigenvalue weighted by molar-refractivity contribution is 0.222. The van der Waals surface area contributed by atoms with Crippen molar-refractivity contribution >= 4 is 27.6 Å². The Morgan fingerprint density at radius 3 is 2.74 bits per heavy atom. The fourth-order valence-corrected chi connectivity index (χ4v) is 3.23. The number of anilines is 2. The standard InChI is InChI=1S/C13H22BrN5/c1-15-12-11(14)13(17-9-16-12)19(3)8-10-4-6-18(2)7-5-10/h9-10H,4-8H2,1-3H3,(H,15,16,17). The van der Waals surface area contributed by atoms with Crippen LogP contribution in [-0.2, 0) is 0 Å². The molecule has 0 saturated carbocycles. The van der Waals surface area contributed by atoms with Crippen LogP contribution >= 0.6 is 15.9 Å². The fraction of sp³-hybridized carbons (Fsp3) is 0.692. The normalized spacial score (nSPS) is 17.5. The van der Waals surface area contributed by atoms with Gasteiger partial charge in [-0.05, 0) is 54.8 Å². The summed E-state index contributed by atoms with van der Waals surface area (Å²) in [5.41, 5.74) is 0. The highest BCUT2D eigenvalue weighted by molar-refractivity contribution is 9.10. The summed E-state index contributed by atoms with van der Waals surface area (Å²) in [7, 11) is 6.17. The van der Waals surface area contributed by atoms with Crippen molar-refractivity contribution in [3.63, 3.8) is 0 Å². The molecular weight excluding hydrogens is 306 g/mol. The van der Waals surface area contributed by atoms with Gasteiger partial charge in [0.15, 0.2) is 0 Å². The van der Waals surface area contributed by atoms with Crippen molar-refractivity contribution < 1.29 is 0 Å². The van der Waals surface area contributed by atoms with Crippen molar-refractivity contribution in [2.75, 3.05) is 51.0 Å². The van der Waals surface area contributed by atoms with Crippen molar-refractivity contribution in [3.8, 4) is 0 Å². The van der Waals surface area contributed by atoms with E-state index < -0.39 is 0 Å². The molecule has 0 spiro atoms. The maximum atomic E-state index is 4.38. The van der Waals surface area contributed by atoms with Crippen molar-refractivity contribution in [1.29, 1.82) is 0 Å². The topological polar surface area (TPSA) is 44.3 Å². The molecule has 1 aromatic heterocycles. The second-order valence-corrected chi connectivity index (χ2v) is 6.03. The third kappa shape index (κ3) is 3.57. The largest absolute Gasteiger partial charge is 0.372 e. The molecule has 1 fully saturated rings. The van der Waals surface area contributed by atoms with Crippen molar-refractivity contribution in [2.24, 2.45) is 5.92 Å². The van der Waals surface area contributed by atoms with E-state index in [9.17, 15) is 0 Å². The molecule has 1 N–H and O–H groups in total. The van der Waals surface area contributed by atoms with Crippen LogP contribution in [0.4, 0.5) is 11.6 Å². The maximum Gasteiger partial charge on any atom is 0.148 e. The summed E-state index contributed by atoms with van der Waals surface area (Å²) in [5, 5.41) is 3.07. The summed E-state index contributed by atoms with van der Waals surface area (Å²) in [6, 6.07) is 0. The average molecular weight is 328 g/mol. The highest BCUT2D eigenvalue weighted by atomic mass is 79.9. The van der Waals surface area contributed by atoms with Gasteiger partial charge < -0.3 is 15.1 Å². The molecule has 2 heterocycles. The van der Waals surface area contributed by atoms with Gasteiger partial charge in [0, 0.05) is 20.6 Å². The van der Waals surface area contributed by atoms with Crippen LogP contribution in [-0.4, -0.2) is 55.6 Å². The highest BCUT2D eigenvalue weighted by Crippen LogP contribution is 2.29. The van der Waals surface area contributed by atoms with Gasteiger partial charge in [0.05, 0.1) is 0 Å². The zero-order valence-corrected chi connectivity index (χ0v) is 13.4. The van der Waals surface area contributed by atoms with E-state index in [-0.39, 0.29) is 0 Å². The van der Waals surface area contributed by atoms with Crippen LogP contribution in [0.1, 0.15) is 12.8 Å². The van der Waals surface area contributed by atoms with Crippen molar-refractivity contribution in [1.82, 2.24) is 14.9 Å². The van der Waals surface area contributed by atoms with Gasteiger partial charge in [-0.1, -0.05) is 0 Å². The minimum atomic E-state index is 0.751. The SMILES string of the molecule is CNc1ncnc(N(C)CC2CCN(C)CC2)c1Br. The molecular formula is C13H22BrN5. The smallest absolute Gasteiger partial charge is 0.148 e. The van der Waals surface area contributed by atoms with E-state index in [1.54, 1.807) is 6.33 Å². The second kappa shape index (κ2) is 6.52. The Morgan fingerprint density at radius 1 is 1.42 bits per heavy atom. The molecule has 5 nitrogen and oxygen atoms in total. The molecule has 19 heavy (non-hydrogen) atoms. The summed E-state index contributed by atoms with van der Waals surface area (Å²) in [5.74, 6) is 2.54. The summed E-state index contributed by atoms with van der Waals surface area (Å²) < 4.78 is 0.938. The van der Waals surface area contributed by atoms with Gasteiger partial charge in [0.2, 0.25) is 0 Å². The first kappa shape index (κ1) is 14.5. The molecule has 1 aromatic rings. The summed E-state index contributed by atoms with van der Waals surface area (Å²) in [6.07, 6.45) is 4.14. The number of rotatable bonds is 4. The molecule has 0 radical (unpaired) electrons. The molecule has 0 aromatic carbocycles. The highest BCUT2D eigenvalue weighted by Gasteiger charge is 2.20.